The third-order valence-corrected chi connectivity index (χ3v) is 5.26. The van der Waals surface area contributed by atoms with Crippen LogP contribution in [0.2, 0.25) is 5.02 Å². The fourth-order valence-corrected chi connectivity index (χ4v) is 3.78. The molecule has 0 bridgehead atoms. The van der Waals surface area contributed by atoms with Crippen LogP contribution in [0.1, 0.15) is 34.2 Å². The molecule has 148 valence electrons. The first-order chi connectivity index (χ1) is 13.8. The number of ketones is 1. The minimum absolute atomic E-state index is 0.0104. The smallest absolute Gasteiger partial charge is 0.301 e. The molecule has 1 amide bonds. The van der Waals surface area contributed by atoms with Crippen LogP contribution < -0.4 is 4.90 Å². The largest absolute Gasteiger partial charge is 0.507 e. The summed E-state index contributed by atoms with van der Waals surface area (Å²) >= 11 is 6.01. The number of carbonyl (C=O) groups is 2. The Morgan fingerprint density at radius 1 is 1.21 bits per heavy atom. The number of aryl methyl sites for hydroxylation is 3. The molecular weight excluding hydrogens is 394 g/mol. The number of rotatable bonds is 3. The Balaban J connectivity index is 1.98. The predicted molar refractivity (Wildman–Crippen MR) is 108 cm³/mol. The van der Waals surface area contributed by atoms with Crippen LogP contribution >= 0.6 is 11.6 Å². The summed E-state index contributed by atoms with van der Waals surface area (Å²) < 4.78 is 5.11. The normalized spacial score (nSPS) is 18.6. The zero-order valence-electron chi connectivity index (χ0n) is 16.0. The molecule has 7 nitrogen and oxygen atoms in total. The molecule has 1 atom stereocenters. The van der Waals surface area contributed by atoms with E-state index in [4.69, 9.17) is 16.1 Å². The van der Waals surface area contributed by atoms with Crippen LogP contribution in [0.4, 0.5) is 5.82 Å². The molecule has 1 saturated heterocycles. The Kier molecular flexibility index (Phi) is 4.55. The number of carbonyl (C=O) groups excluding carboxylic acids is 2. The average Bonchev–Trinajstić information content (AvgIpc) is 3.33. The minimum atomic E-state index is -0.870. The van der Waals surface area contributed by atoms with Crippen LogP contribution in [0.5, 0.6) is 0 Å². The molecule has 8 heteroatoms. The number of halogens is 1. The summed E-state index contributed by atoms with van der Waals surface area (Å²) in [5.74, 6) is -1.11. The number of aromatic amines is 1. The second-order valence-electron chi connectivity index (χ2n) is 6.99. The molecule has 2 aromatic heterocycles. The van der Waals surface area contributed by atoms with E-state index in [0.29, 0.717) is 27.6 Å². The Bertz CT molecular complexity index is 1140. The van der Waals surface area contributed by atoms with Gasteiger partial charge in [0.05, 0.1) is 11.6 Å². The van der Waals surface area contributed by atoms with Gasteiger partial charge in [-0.15, -0.1) is 0 Å². The van der Waals surface area contributed by atoms with Gasteiger partial charge >= 0.3 is 5.91 Å². The van der Waals surface area contributed by atoms with Gasteiger partial charge in [-0.05, 0) is 44.0 Å². The number of amides is 1. The summed E-state index contributed by atoms with van der Waals surface area (Å²) in [7, 11) is 0. The summed E-state index contributed by atoms with van der Waals surface area (Å²) in [5.41, 5.74) is 2.56. The Labute approximate surface area is 171 Å². The molecule has 1 aliphatic heterocycles. The van der Waals surface area contributed by atoms with Gasteiger partial charge in [0.1, 0.15) is 11.5 Å². The maximum atomic E-state index is 13.0. The molecule has 3 aromatic rings. The summed E-state index contributed by atoms with van der Waals surface area (Å²) in [5, 5.41) is 15.5. The van der Waals surface area contributed by atoms with E-state index in [1.165, 1.54) is 4.90 Å². The quantitative estimate of drug-likeness (QED) is 0.382. The van der Waals surface area contributed by atoms with Gasteiger partial charge in [0.15, 0.2) is 5.82 Å². The lowest BCUT2D eigenvalue weighted by atomic mass is 9.94. The number of hydrogen-bond acceptors (Lipinski definition) is 5. The molecular formula is C21H18ClN3O4. The number of aromatic nitrogens is 2. The predicted octanol–water partition coefficient (Wildman–Crippen LogP) is 4.21. The SMILES string of the molecule is Cc1cc(N2C(=O)C(=O)/C(=C(/O)c3c(C)c[nH]c3C)C2c2ccc(Cl)cc2)no1. The molecule has 2 N–H and O–H groups in total. The average molecular weight is 412 g/mol. The number of nitrogens with one attached hydrogen (secondary N) is 1. The van der Waals surface area contributed by atoms with Crippen molar-refractivity contribution in [1.82, 2.24) is 10.1 Å². The number of aliphatic hydroxyl groups is 1. The summed E-state index contributed by atoms with van der Waals surface area (Å²) in [6.45, 7) is 5.29. The van der Waals surface area contributed by atoms with Crippen LogP contribution in [0.25, 0.3) is 5.76 Å². The van der Waals surface area contributed by atoms with Crippen molar-refractivity contribution in [2.45, 2.75) is 26.8 Å². The Morgan fingerprint density at radius 2 is 1.90 bits per heavy atom. The summed E-state index contributed by atoms with van der Waals surface area (Å²) in [6.07, 6.45) is 1.73. The Morgan fingerprint density at radius 3 is 2.45 bits per heavy atom. The number of nitrogens with zero attached hydrogens (tertiary/aromatic N) is 2. The molecule has 0 saturated carbocycles. The fraction of sp³-hybridized carbons (Fsp3) is 0.190. The lowest BCUT2D eigenvalue weighted by Crippen LogP contribution is -2.29. The molecule has 0 aliphatic carbocycles. The molecule has 1 aromatic carbocycles. The first kappa shape index (κ1) is 19.0. The van der Waals surface area contributed by atoms with Crippen LogP contribution in [0, 0.1) is 20.8 Å². The minimum Gasteiger partial charge on any atom is -0.507 e. The molecule has 0 spiro atoms. The van der Waals surface area contributed by atoms with Crippen molar-refractivity contribution in [3.8, 4) is 0 Å². The maximum absolute atomic E-state index is 13.0. The standard InChI is InChI=1S/C21H18ClN3O4/c1-10-9-23-12(3)16(10)19(26)17-18(13-4-6-14(22)7-5-13)25(21(28)20(17)27)15-8-11(2)29-24-15/h4-9,18,23,26H,1-3H3/b19-17+. The van der Waals surface area contributed by atoms with Crippen molar-refractivity contribution >= 4 is 34.9 Å². The second-order valence-corrected chi connectivity index (χ2v) is 7.42. The summed E-state index contributed by atoms with van der Waals surface area (Å²) in [4.78, 5) is 30.2. The monoisotopic (exact) mass is 411 g/mol. The van der Waals surface area contributed by atoms with Gasteiger partial charge in [0, 0.05) is 28.5 Å². The van der Waals surface area contributed by atoms with Gasteiger partial charge in [-0.1, -0.05) is 28.9 Å². The van der Waals surface area contributed by atoms with Crippen LogP contribution in [-0.4, -0.2) is 26.9 Å². The van der Waals surface area contributed by atoms with E-state index in [1.54, 1.807) is 50.4 Å². The van der Waals surface area contributed by atoms with Crippen molar-refractivity contribution in [2.75, 3.05) is 4.90 Å². The topological polar surface area (TPSA) is 99.4 Å². The van der Waals surface area contributed by atoms with Gasteiger partial charge in [-0.2, -0.15) is 0 Å². The van der Waals surface area contributed by atoms with Crippen molar-refractivity contribution in [3.63, 3.8) is 0 Å². The highest BCUT2D eigenvalue weighted by molar-refractivity contribution is 6.51. The van der Waals surface area contributed by atoms with E-state index in [9.17, 15) is 14.7 Å². The zero-order chi connectivity index (χ0) is 20.9. The number of benzene rings is 1. The number of H-pyrrole nitrogens is 1. The molecule has 1 fully saturated rings. The third kappa shape index (κ3) is 3.03. The molecule has 29 heavy (non-hydrogen) atoms. The van der Waals surface area contributed by atoms with Gasteiger partial charge < -0.3 is 14.6 Å². The van der Waals surface area contributed by atoms with E-state index >= 15 is 0 Å². The van der Waals surface area contributed by atoms with Gasteiger partial charge in [-0.3, -0.25) is 14.5 Å². The van der Waals surface area contributed by atoms with Gasteiger partial charge in [-0.25, -0.2) is 0 Å². The first-order valence-corrected chi connectivity index (χ1v) is 9.32. The lowest BCUT2D eigenvalue weighted by Gasteiger charge is -2.23. The van der Waals surface area contributed by atoms with Crippen molar-refractivity contribution in [2.24, 2.45) is 0 Å². The zero-order valence-corrected chi connectivity index (χ0v) is 16.7. The van der Waals surface area contributed by atoms with Crippen molar-refractivity contribution in [1.29, 1.82) is 0 Å². The third-order valence-electron chi connectivity index (χ3n) is 5.00. The Hall–Kier alpha value is -3.32. The number of anilines is 1. The van der Waals surface area contributed by atoms with E-state index in [0.717, 1.165) is 5.56 Å². The van der Waals surface area contributed by atoms with Crippen LogP contribution in [-0.2, 0) is 9.59 Å². The molecule has 1 unspecified atom stereocenters. The highest BCUT2D eigenvalue weighted by Gasteiger charge is 2.48. The van der Waals surface area contributed by atoms with Crippen molar-refractivity contribution < 1.29 is 19.2 Å². The summed E-state index contributed by atoms with van der Waals surface area (Å²) in [6, 6.07) is 7.45. The molecule has 4 rings (SSSR count). The second kappa shape index (κ2) is 6.93. The first-order valence-electron chi connectivity index (χ1n) is 8.94. The highest BCUT2D eigenvalue weighted by atomic mass is 35.5. The number of Topliss-reactive ketones (excluding diaryl/α,β-unsaturated/α-hetero) is 1. The van der Waals surface area contributed by atoms with Gasteiger partial charge in [0.2, 0.25) is 0 Å². The van der Waals surface area contributed by atoms with Gasteiger partial charge in [0.25, 0.3) is 5.78 Å². The van der Waals surface area contributed by atoms with Crippen molar-refractivity contribution in [3.05, 3.63) is 75.3 Å². The molecule has 3 heterocycles. The molecule has 0 radical (unpaired) electrons. The highest BCUT2D eigenvalue weighted by Crippen LogP contribution is 2.42. The van der Waals surface area contributed by atoms with Crippen LogP contribution in [0.15, 0.2) is 46.6 Å². The number of hydrogen-bond donors (Lipinski definition) is 2. The van der Waals surface area contributed by atoms with E-state index in [1.807, 2.05) is 6.92 Å². The van der Waals surface area contributed by atoms with E-state index in [2.05, 4.69) is 10.1 Å². The van der Waals surface area contributed by atoms with E-state index < -0.39 is 17.7 Å². The number of aliphatic hydroxyl groups excluding tert-OH is 1. The lowest BCUT2D eigenvalue weighted by molar-refractivity contribution is -0.132. The van der Waals surface area contributed by atoms with E-state index in [-0.39, 0.29) is 17.2 Å². The fourth-order valence-electron chi connectivity index (χ4n) is 3.65. The maximum Gasteiger partial charge on any atom is 0.301 e. The molecule has 1 aliphatic rings. The van der Waals surface area contributed by atoms with Crippen LogP contribution in [0.3, 0.4) is 0 Å².